The molecular weight excluding hydrogens is 394 g/mol. The smallest absolute Gasteiger partial charge is 0.416 e. The summed E-state index contributed by atoms with van der Waals surface area (Å²) in [6.45, 7) is 1.50. The molecule has 0 unspecified atom stereocenters. The molecule has 0 atom stereocenters. The lowest BCUT2D eigenvalue weighted by molar-refractivity contribution is -0.143. The van der Waals surface area contributed by atoms with Crippen molar-refractivity contribution in [3.63, 3.8) is 0 Å². The van der Waals surface area contributed by atoms with E-state index < -0.39 is 41.0 Å². The number of aryl methyl sites for hydroxylation is 1. The second-order valence-electron chi connectivity index (χ2n) is 5.70. The molecule has 0 fully saturated rings. The number of phenols is 1. The summed E-state index contributed by atoms with van der Waals surface area (Å²) in [5.74, 6) is -2.90. The predicted octanol–water partition coefficient (Wildman–Crippen LogP) is 4.32. The van der Waals surface area contributed by atoms with Crippen LogP contribution in [-0.2, 0) is 21.9 Å². The van der Waals surface area contributed by atoms with E-state index in [9.17, 15) is 41.0 Å². The molecule has 0 heterocycles. The first-order valence-corrected chi connectivity index (χ1v) is 7.49. The van der Waals surface area contributed by atoms with Crippen molar-refractivity contribution in [2.45, 2.75) is 19.3 Å². The zero-order valence-electron chi connectivity index (χ0n) is 14.0. The highest BCUT2D eigenvalue weighted by molar-refractivity contribution is 6.43. The van der Waals surface area contributed by atoms with Crippen molar-refractivity contribution in [3.05, 3.63) is 53.1 Å². The van der Waals surface area contributed by atoms with Crippen molar-refractivity contribution in [2.75, 3.05) is 10.6 Å². The summed E-state index contributed by atoms with van der Waals surface area (Å²) < 4.78 is 76.9. The average Bonchev–Trinajstić information content (AvgIpc) is 2.55. The summed E-state index contributed by atoms with van der Waals surface area (Å²) in [5.41, 5.74) is -3.61. The fourth-order valence-electron chi connectivity index (χ4n) is 2.18. The number of aromatic hydroxyl groups is 1. The molecule has 2 amide bonds. The molecule has 2 rings (SSSR count). The number of halogens is 6. The summed E-state index contributed by atoms with van der Waals surface area (Å²) in [7, 11) is 0. The molecular formula is C17H12F6N2O3. The van der Waals surface area contributed by atoms with E-state index in [-0.39, 0.29) is 29.6 Å². The van der Waals surface area contributed by atoms with Crippen molar-refractivity contribution in [1.82, 2.24) is 0 Å². The summed E-state index contributed by atoms with van der Waals surface area (Å²) in [6.07, 6.45) is -10.2. The van der Waals surface area contributed by atoms with Gasteiger partial charge in [-0.2, -0.15) is 26.3 Å². The van der Waals surface area contributed by atoms with E-state index in [0.717, 1.165) is 0 Å². The van der Waals surface area contributed by atoms with Gasteiger partial charge in [0.25, 0.3) is 0 Å². The topological polar surface area (TPSA) is 78.4 Å². The molecule has 28 heavy (non-hydrogen) atoms. The van der Waals surface area contributed by atoms with Gasteiger partial charge in [0.05, 0.1) is 11.1 Å². The summed E-state index contributed by atoms with van der Waals surface area (Å²) in [4.78, 5) is 23.8. The molecule has 0 bridgehead atoms. The van der Waals surface area contributed by atoms with Crippen LogP contribution in [0.4, 0.5) is 37.7 Å². The van der Waals surface area contributed by atoms with Gasteiger partial charge in [-0.3, -0.25) is 9.59 Å². The summed E-state index contributed by atoms with van der Waals surface area (Å²) in [6, 6.07) is 4.22. The maximum absolute atomic E-state index is 12.8. The Morgan fingerprint density at radius 1 is 0.821 bits per heavy atom. The fraction of sp³-hybridized carbons (Fsp3) is 0.176. The van der Waals surface area contributed by atoms with Gasteiger partial charge in [0.15, 0.2) is 0 Å². The predicted molar refractivity (Wildman–Crippen MR) is 86.5 cm³/mol. The maximum Gasteiger partial charge on any atom is 0.416 e. The van der Waals surface area contributed by atoms with Crippen molar-refractivity contribution >= 4 is 23.2 Å². The third kappa shape index (κ3) is 5.15. The Morgan fingerprint density at radius 3 is 1.79 bits per heavy atom. The Labute approximate surface area is 154 Å². The Kier molecular flexibility index (Phi) is 5.57. The van der Waals surface area contributed by atoms with Crippen molar-refractivity contribution in [1.29, 1.82) is 0 Å². The lowest BCUT2D eigenvalue weighted by atomic mass is 10.1. The van der Waals surface area contributed by atoms with Gasteiger partial charge in [-0.1, -0.05) is 0 Å². The quantitative estimate of drug-likeness (QED) is 0.395. The van der Waals surface area contributed by atoms with E-state index in [1.54, 1.807) is 5.32 Å². The molecule has 2 aromatic carbocycles. The Morgan fingerprint density at radius 2 is 1.32 bits per heavy atom. The highest BCUT2D eigenvalue weighted by Crippen LogP contribution is 2.37. The molecule has 150 valence electrons. The first-order valence-electron chi connectivity index (χ1n) is 7.49. The van der Waals surface area contributed by atoms with Gasteiger partial charge in [-0.15, -0.1) is 0 Å². The maximum atomic E-state index is 12.8. The van der Waals surface area contributed by atoms with Crippen LogP contribution in [0.25, 0.3) is 0 Å². The number of amides is 2. The van der Waals surface area contributed by atoms with Gasteiger partial charge < -0.3 is 15.7 Å². The molecule has 5 nitrogen and oxygen atoms in total. The molecule has 11 heteroatoms. The number of anilines is 2. The highest BCUT2D eigenvalue weighted by atomic mass is 19.4. The second-order valence-corrected chi connectivity index (χ2v) is 5.70. The SMILES string of the molecule is Cc1cc(O)ccc1NC(=O)C(=O)Nc1cc(C(F)(F)F)cc(C(F)(F)F)c1. The number of carbonyl (C=O) groups is 2. The largest absolute Gasteiger partial charge is 0.508 e. The standard InChI is InChI=1S/C17H12F6N2O3/c1-8-4-12(26)2-3-13(8)25-15(28)14(27)24-11-6-9(16(18,19)20)5-10(7-11)17(21,22)23/h2-7,26H,1H3,(H,24,27)(H,25,28). The van der Waals surface area contributed by atoms with Crippen LogP contribution in [0.15, 0.2) is 36.4 Å². The third-order valence-electron chi connectivity index (χ3n) is 3.51. The van der Waals surface area contributed by atoms with E-state index in [0.29, 0.717) is 5.56 Å². The van der Waals surface area contributed by atoms with Gasteiger partial charge in [0.1, 0.15) is 5.75 Å². The van der Waals surface area contributed by atoms with E-state index in [1.807, 2.05) is 0 Å². The van der Waals surface area contributed by atoms with Crippen LogP contribution in [0, 0.1) is 6.92 Å². The number of benzene rings is 2. The number of rotatable bonds is 2. The number of nitrogens with one attached hydrogen (secondary N) is 2. The number of alkyl halides is 6. The zero-order valence-corrected chi connectivity index (χ0v) is 14.0. The van der Waals surface area contributed by atoms with Crippen LogP contribution in [0.1, 0.15) is 16.7 Å². The molecule has 0 saturated carbocycles. The molecule has 2 aromatic rings. The van der Waals surface area contributed by atoms with E-state index in [1.165, 1.54) is 25.1 Å². The monoisotopic (exact) mass is 406 g/mol. The normalized spacial score (nSPS) is 11.8. The summed E-state index contributed by atoms with van der Waals surface area (Å²) in [5, 5.41) is 13.1. The third-order valence-corrected chi connectivity index (χ3v) is 3.51. The van der Waals surface area contributed by atoms with Crippen LogP contribution in [0.2, 0.25) is 0 Å². The van der Waals surface area contributed by atoms with Gasteiger partial charge in [0.2, 0.25) is 0 Å². The minimum atomic E-state index is -5.09. The van der Waals surface area contributed by atoms with Gasteiger partial charge in [-0.25, -0.2) is 0 Å². The first kappa shape index (κ1) is 21.1. The van der Waals surface area contributed by atoms with Gasteiger partial charge >= 0.3 is 24.2 Å². The molecule has 0 aliphatic rings. The van der Waals surface area contributed by atoms with Crippen LogP contribution >= 0.6 is 0 Å². The minimum absolute atomic E-state index is 0.102. The van der Waals surface area contributed by atoms with Gasteiger partial charge in [-0.05, 0) is 48.9 Å². The van der Waals surface area contributed by atoms with E-state index in [4.69, 9.17) is 0 Å². The molecule has 0 aromatic heterocycles. The molecule has 0 radical (unpaired) electrons. The van der Waals surface area contributed by atoms with E-state index in [2.05, 4.69) is 5.32 Å². The van der Waals surface area contributed by atoms with Crippen molar-refractivity contribution in [2.24, 2.45) is 0 Å². The Balaban J connectivity index is 2.26. The van der Waals surface area contributed by atoms with Crippen LogP contribution < -0.4 is 10.6 Å². The van der Waals surface area contributed by atoms with E-state index >= 15 is 0 Å². The van der Waals surface area contributed by atoms with Crippen molar-refractivity contribution in [3.8, 4) is 5.75 Å². The number of hydrogen-bond acceptors (Lipinski definition) is 3. The first-order chi connectivity index (χ1) is 12.8. The minimum Gasteiger partial charge on any atom is -0.508 e. The second kappa shape index (κ2) is 7.41. The molecule has 0 spiro atoms. The lowest BCUT2D eigenvalue weighted by Crippen LogP contribution is -2.29. The lowest BCUT2D eigenvalue weighted by Gasteiger charge is -2.15. The fourth-order valence-corrected chi connectivity index (χ4v) is 2.18. The zero-order chi connectivity index (χ0) is 21.3. The van der Waals surface area contributed by atoms with Crippen LogP contribution in [-0.4, -0.2) is 16.9 Å². The Bertz CT molecular complexity index is 890. The Hall–Kier alpha value is -3.24. The number of carbonyl (C=O) groups excluding carboxylic acids is 2. The van der Waals surface area contributed by atoms with Crippen LogP contribution in [0.5, 0.6) is 5.75 Å². The number of hydrogen-bond donors (Lipinski definition) is 3. The molecule has 3 N–H and O–H groups in total. The summed E-state index contributed by atoms with van der Waals surface area (Å²) >= 11 is 0. The average molecular weight is 406 g/mol. The molecule has 0 aliphatic heterocycles. The molecule has 0 saturated heterocycles. The van der Waals surface area contributed by atoms with Crippen molar-refractivity contribution < 1.29 is 41.0 Å². The van der Waals surface area contributed by atoms with Crippen LogP contribution in [0.3, 0.4) is 0 Å². The van der Waals surface area contributed by atoms with Gasteiger partial charge in [0, 0.05) is 11.4 Å². The number of phenolic OH excluding ortho intramolecular Hbond substituents is 1. The highest BCUT2D eigenvalue weighted by Gasteiger charge is 2.37. The molecule has 0 aliphatic carbocycles.